The fourth-order valence-electron chi connectivity index (χ4n) is 1.21. The number of hydrogen-bond donors (Lipinski definition) is 0. The monoisotopic (exact) mass is 396 g/mol. The van der Waals surface area contributed by atoms with Gasteiger partial charge in [0.05, 0.1) is 17.1 Å². The number of hydrogen-bond acceptors (Lipinski definition) is 4. The van der Waals surface area contributed by atoms with Crippen LogP contribution in [0.2, 0.25) is 0 Å². The van der Waals surface area contributed by atoms with Crippen LogP contribution in [0.4, 0.5) is 26.3 Å². The second-order valence-electron chi connectivity index (χ2n) is 3.68. The summed E-state index contributed by atoms with van der Waals surface area (Å²) in [7, 11) is 1.08. The summed E-state index contributed by atoms with van der Waals surface area (Å²) in [4.78, 5) is 11.2. The Balaban J connectivity index is 2.91. The van der Waals surface area contributed by atoms with Crippen molar-refractivity contribution in [2.45, 2.75) is 18.8 Å². The van der Waals surface area contributed by atoms with E-state index in [0.717, 1.165) is 25.3 Å². The molecule has 1 atom stereocenters. The molecule has 0 aromatic heterocycles. The maximum absolute atomic E-state index is 13.2. The lowest BCUT2D eigenvalue weighted by atomic mass is 10.2. The molecule has 0 bridgehead atoms. The molecule has 11 heteroatoms. The summed E-state index contributed by atoms with van der Waals surface area (Å²) in [6, 6.07) is 2.83. The molecule has 0 fully saturated rings. The molecule has 0 unspecified atom stereocenters. The van der Waals surface area contributed by atoms with Gasteiger partial charge in [0.15, 0.2) is 0 Å². The third-order valence-corrected chi connectivity index (χ3v) is 2.72. The lowest BCUT2D eigenvalue weighted by molar-refractivity contribution is -0.411. The number of esters is 1. The van der Waals surface area contributed by atoms with Crippen LogP contribution in [0.5, 0.6) is 5.75 Å². The van der Waals surface area contributed by atoms with Crippen molar-refractivity contribution in [3.8, 4) is 5.75 Å². The smallest absolute Gasteiger partial charge is 0.465 e. The highest BCUT2D eigenvalue weighted by molar-refractivity contribution is 9.10. The standard InChI is InChI=1S/C11H7BrF6O4/c1-20-8(19)5-2-3-7(6(12)4-5)21-10(14,15)9(13)22-11(16,17)18/h2-4,9H,1H3/t9-/m1/s1. The fourth-order valence-corrected chi connectivity index (χ4v) is 1.67. The Labute approximate surface area is 128 Å². The molecule has 1 aromatic carbocycles. The highest BCUT2D eigenvalue weighted by Crippen LogP contribution is 2.35. The van der Waals surface area contributed by atoms with Gasteiger partial charge >= 0.3 is 24.8 Å². The van der Waals surface area contributed by atoms with Crippen molar-refractivity contribution in [2.75, 3.05) is 7.11 Å². The van der Waals surface area contributed by atoms with Gasteiger partial charge in [0.1, 0.15) is 5.75 Å². The lowest BCUT2D eigenvalue weighted by Gasteiger charge is -2.22. The van der Waals surface area contributed by atoms with Gasteiger partial charge in [0.2, 0.25) is 0 Å². The van der Waals surface area contributed by atoms with Crippen molar-refractivity contribution in [3.63, 3.8) is 0 Å². The zero-order valence-electron chi connectivity index (χ0n) is 10.6. The summed E-state index contributed by atoms with van der Waals surface area (Å²) in [6.45, 7) is 0. The van der Waals surface area contributed by atoms with E-state index < -0.39 is 30.5 Å². The third-order valence-electron chi connectivity index (χ3n) is 2.10. The summed E-state index contributed by atoms with van der Waals surface area (Å²) < 4.78 is 85.0. The third kappa shape index (κ3) is 5.05. The van der Waals surface area contributed by atoms with Gasteiger partial charge in [-0.3, -0.25) is 0 Å². The lowest BCUT2D eigenvalue weighted by Crippen LogP contribution is -2.41. The van der Waals surface area contributed by atoms with E-state index in [1.165, 1.54) is 0 Å². The maximum atomic E-state index is 13.2. The minimum atomic E-state index is -5.60. The van der Waals surface area contributed by atoms with Crippen LogP contribution in [0.25, 0.3) is 0 Å². The Morgan fingerprint density at radius 2 is 1.82 bits per heavy atom. The number of benzene rings is 1. The molecular formula is C11H7BrF6O4. The Kier molecular flexibility index (Phi) is 5.68. The highest BCUT2D eigenvalue weighted by Gasteiger charge is 2.50. The van der Waals surface area contributed by atoms with Crippen LogP contribution in [-0.4, -0.2) is 31.9 Å². The molecule has 1 aromatic rings. The minimum absolute atomic E-state index is 0.0478. The first kappa shape index (κ1) is 18.6. The van der Waals surface area contributed by atoms with Crippen LogP contribution < -0.4 is 4.74 Å². The molecule has 0 radical (unpaired) electrons. The number of carbonyl (C=O) groups is 1. The van der Waals surface area contributed by atoms with Gasteiger partial charge in [0, 0.05) is 0 Å². The maximum Gasteiger partial charge on any atom is 0.525 e. The number of alkyl halides is 6. The first-order chi connectivity index (χ1) is 9.96. The van der Waals surface area contributed by atoms with Gasteiger partial charge < -0.3 is 9.47 Å². The summed E-state index contributed by atoms with van der Waals surface area (Å²) in [5, 5.41) is 0. The van der Waals surface area contributed by atoms with E-state index in [0.29, 0.717) is 0 Å². The Morgan fingerprint density at radius 3 is 2.27 bits per heavy atom. The zero-order valence-corrected chi connectivity index (χ0v) is 12.2. The first-order valence-corrected chi connectivity index (χ1v) is 6.09. The normalized spacial score (nSPS) is 13.6. The van der Waals surface area contributed by atoms with Crippen LogP contribution in [-0.2, 0) is 9.47 Å². The van der Waals surface area contributed by atoms with Gasteiger partial charge in [-0.2, -0.15) is 8.78 Å². The second-order valence-corrected chi connectivity index (χ2v) is 4.53. The molecule has 124 valence electrons. The molecule has 0 saturated carbocycles. The summed E-state index contributed by atoms with van der Waals surface area (Å²) in [5.74, 6) is -1.49. The summed E-state index contributed by atoms with van der Waals surface area (Å²) in [6.07, 6.45) is -14.6. The zero-order chi connectivity index (χ0) is 17.1. The molecule has 0 aliphatic carbocycles. The van der Waals surface area contributed by atoms with Crippen LogP contribution in [0.3, 0.4) is 0 Å². The van der Waals surface area contributed by atoms with Crippen molar-refractivity contribution in [1.29, 1.82) is 0 Å². The van der Waals surface area contributed by atoms with E-state index in [1.807, 2.05) is 0 Å². The van der Waals surface area contributed by atoms with E-state index >= 15 is 0 Å². The average Bonchev–Trinajstić information content (AvgIpc) is 2.38. The van der Waals surface area contributed by atoms with Gasteiger partial charge in [-0.1, -0.05) is 0 Å². The molecule has 0 N–H and O–H groups in total. The van der Waals surface area contributed by atoms with Crippen molar-refractivity contribution >= 4 is 21.9 Å². The van der Waals surface area contributed by atoms with Gasteiger partial charge in [-0.05, 0) is 34.1 Å². The summed E-state index contributed by atoms with van der Waals surface area (Å²) >= 11 is 2.76. The van der Waals surface area contributed by atoms with E-state index in [4.69, 9.17) is 0 Å². The molecule has 0 saturated heterocycles. The largest absolute Gasteiger partial charge is 0.525 e. The van der Waals surface area contributed by atoms with Gasteiger partial charge in [-0.25, -0.2) is 13.9 Å². The van der Waals surface area contributed by atoms with E-state index in [-0.39, 0.29) is 10.0 Å². The number of carbonyl (C=O) groups excluding carboxylic acids is 1. The topological polar surface area (TPSA) is 44.8 Å². The number of rotatable bonds is 5. The SMILES string of the molecule is COC(=O)c1ccc(OC(F)(F)[C@H](F)OC(F)(F)F)c(Br)c1. The van der Waals surface area contributed by atoms with E-state index in [9.17, 15) is 31.1 Å². The number of ether oxygens (including phenoxy) is 3. The average molecular weight is 397 g/mol. The minimum Gasteiger partial charge on any atom is -0.465 e. The molecule has 0 heterocycles. The molecule has 0 spiro atoms. The van der Waals surface area contributed by atoms with Crippen LogP contribution in [0, 0.1) is 0 Å². The Morgan fingerprint density at radius 1 is 1.23 bits per heavy atom. The molecular weight excluding hydrogens is 390 g/mol. The molecule has 0 aliphatic rings. The molecule has 0 aliphatic heterocycles. The van der Waals surface area contributed by atoms with Crippen LogP contribution in [0.15, 0.2) is 22.7 Å². The number of halogens is 7. The Hall–Kier alpha value is -1.49. The first-order valence-electron chi connectivity index (χ1n) is 5.29. The highest BCUT2D eigenvalue weighted by atomic mass is 79.9. The van der Waals surface area contributed by atoms with Crippen molar-refractivity contribution < 1.29 is 45.3 Å². The quantitative estimate of drug-likeness (QED) is 0.556. The Bertz CT molecular complexity index is 548. The summed E-state index contributed by atoms with van der Waals surface area (Å²) in [5.41, 5.74) is -0.0478. The van der Waals surface area contributed by atoms with Crippen molar-refractivity contribution in [1.82, 2.24) is 0 Å². The van der Waals surface area contributed by atoms with Crippen molar-refractivity contribution in [3.05, 3.63) is 28.2 Å². The van der Waals surface area contributed by atoms with Crippen LogP contribution in [0.1, 0.15) is 10.4 Å². The fraction of sp³-hybridized carbons (Fsp3) is 0.364. The van der Waals surface area contributed by atoms with Crippen LogP contribution >= 0.6 is 15.9 Å². The molecule has 0 amide bonds. The molecule has 1 rings (SSSR count). The van der Waals surface area contributed by atoms with Gasteiger partial charge in [0.25, 0.3) is 0 Å². The van der Waals surface area contributed by atoms with E-state index in [1.54, 1.807) is 0 Å². The van der Waals surface area contributed by atoms with E-state index in [2.05, 4.69) is 30.1 Å². The number of methoxy groups -OCH3 is 1. The predicted octanol–water partition coefficient (Wildman–Crippen LogP) is 4.04. The second kappa shape index (κ2) is 6.73. The molecule has 4 nitrogen and oxygen atoms in total. The van der Waals surface area contributed by atoms with Gasteiger partial charge in [-0.15, -0.1) is 13.2 Å². The van der Waals surface area contributed by atoms with Crippen molar-refractivity contribution in [2.24, 2.45) is 0 Å². The molecule has 22 heavy (non-hydrogen) atoms. The predicted molar refractivity (Wildman–Crippen MR) is 63.1 cm³/mol.